The Bertz CT molecular complexity index is 1710. The molecule has 3 aromatic carbocycles. The number of aliphatic imine (C=N–C) groups is 1. The predicted octanol–water partition coefficient (Wildman–Crippen LogP) is 10.4. The number of hydrogen-bond acceptors (Lipinski definition) is 5. The van der Waals surface area contributed by atoms with Gasteiger partial charge in [-0.25, -0.2) is 4.99 Å². The fraction of sp³-hybridized carbons (Fsp3) is 0.316. The van der Waals surface area contributed by atoms with Gasteiger partial charge in [-0.1, -0.05) is 60.9 Å². The lowest BCUT2D eigenvalue weighted by Crippen LogP contribution is -2.15. The number of nitrogens with zero attached hydrogens (tertiary/aromatic N) is 1. The van der Waals surface area contributed by atoms with Crippen LogP contribution < -0.4 is 14.8 Å². The van der Waals surface area contributed by atoms with Crippen LogP contribution in [0.3, 0.4) is 0 Å². The van der Waals surface area contributed by atoms with Crippen molar-refractivity contribution in [1.29, 1.82) is 0 Å². The number of benzene rings is 3. The lowest BCUT2D eigenvalue weighted by molar-refractivity contribution is 0.102. The Labute approximate surface area is 276 Å². The molecular formula is C38H41ClN2O3S. The van der Waals surface area contributed by atoms with Crippen LogP contribution in [0.4, 0.5) is 10.7 Å². The van der Waals surface area contributed by atoms with Crippen molar-refractivity contribution in [3.8, 4) is 11.5 Å². The summed E-state index contributed by atoms with van der Waals surface area (Å²) >= 11 is 8.04. The number of carbonyl (C=O) groups excluding carboxylic acids is 1. The Kier molecular flexibility index (Phi) is 11.1. The van der Waals surface area contributed by atoms with Crippen LogP contribution in [0, 0.1) is 13.8 Å². The van der Waals surface area contributed by atoms with Gasteiger partial charge in [0.1, 0.15) is 11.6 Å². The van der Waals surface area contributed by atoms with E-state index >= 15 is 0 Å². The number of aryl methyl sites for hydroxylation is 3. The minimum absolute atomic E-state index is 0.0976. The van der Waals surface area contributed by atoms with E-state index in [4.69, 9.17) is 26.1 Å². The Balaban J connectivity index is 1.51. The number of thiophene rings is 1. The molecule has 1 aromatic heterocycles. The highest BCUT2D eigenvalue weighted by molar-refractivity contribution is 7.16. The van der Waals surface area contributed by atoms with Crippen LogP contribution in [0.15, 0.2) is 72.2 Å². The van der Waals surface area contributed by atoms with E-state index in [-0.39, 0.29) is 5.91 Å². The second kappa shape index (κ2) is 15.4. The maximum Gasteiger partial charge on any atom is 0.259 e. The van der Waals surface area contributed by atoms with Crippen molar-refractivity contribution in [2.24, 2.45) is 4.99 Å². The molecule has 0 atom stereocenters. The number of allylic oxidation sites excluding steroid dienone is 1. The van der Waals surface area contributed by atoms with E-state index in [1.54, 1.807) is 11.3 Å². The van der Waals surface area contributed by atoms with E-state index in [1.807, 2.05) is 75.5 Å². The van der Waals surface area contributed by atoms with Crippen LogP contribution in [-0.4, -0.2) is 18.7 Å². The number of anilines is 1. The fourth-order valence-electron chi connectivity index (χ4n) is 5.68. The van der Waals surface area contributed by atoms with Crippen LogP contribution in [0.2, 0.25) is 5.02 Å². The molecular weight excluding hydrogens is 600 g/mol. The summed E-state index contributed by atoms with van der Waals surface area (Å²) in [6, 6.07) is 17.8. The van der Waals surface area contributed by atoms with Gasteiger partial charge in [0.25, 0.3) is 5.91 Å². The number of nitrogens with one attached hydrogen (secondary N) is 1. The molecule has 0 saturated heterocycles. The number of carbonyl (C=O) groups is 1. The van der Waals surface area contributed by atoms with Gasteiger partial charge in [-0.3, -0.25) is 4.79 Å². The van der Waals surface area contributed by atoms with Crippen molar-refractivity contribution in [2.75, 3.05) is 11.9 Å². The molecule has 1 heterocycles. The molecule has 5 nitrogen and oxygen atoms in total. The molecule has 0 spiro atoms. The van der Waals surface area contributed by atoms with E-state index in [1.165, 1.54) is 17.7 Å². The lowest BCUT2D eigenvalue weighted by Gasteiger charge is -2.17. The number of fused-ring (bicyclic) bond motifs is 1. The van der Waals surface area contributed by atoms with Gasteiger partial charge in [-0.15, -0.1) is 17.9 Å². The molecule has 4 aromatic rings. The SMILES string of the molecule is C=CCc1cc(C=Nc2sc3c(c2C(=O)Nc2cc(C)ccc2C)CCCCCC3)cc(OCC)c1OCc1ccccc1Cl. The van der Waals surface area contributed by atoms with Crippen LogP contribution in [0.5, 0.6) is 11.5 Å². The fourth-order valence-corrected chi connectivity index (χ4v) is 7.10. The zero-order chi connectivity index (χ0) is 31.8. The number of ether oxygens (including phenoxy) is 2. The first-order chi connectivity index (χ1) is 21.9. The number of hydrogen-bond donors (Lipinski definition) is 1. The molecule has 1 aliphatic rings. The normalized spacial score (nSPS) is 13.2. The standard InChI is InChI=1S/C38H41ClN2O3S/c1-5-13-28-21-27(22-33(43-6-2)36(28)44-24-29-14-11-12-16-31(29)39)23-40-38-35(30-15-9-7-8-10-17-34(30)45-38)37(42)41-32-20-25(3)18-19-26(32)4/h5,11-12,14,16,18-23H,1,6-10,13,15,17,24H2,2-4H3,(H,41,42). The highest BCUT2D eigenvalue weighted by atomic mass is 35.5. The summed E-state index contributed by atoms with van der Waals surface area (Å²) in [4.78, 5) is 20.2. The van der Waals surface area contributed by atoms with Gasteiger partial charge < -0.3 is 14.8 Å². The minimum atomic E-state index is -0.0976. The first-order valence-corrected chi connectivity index (χ1v) is 16.9. The quantitative estimate of drug-likeness (QED) is 0.131. The van der Waals surface area contributed by atoms with Gasteiger partial charge in [-0.05, 0) is 99.4 Å². The van der Waals surface area contributed by atoms with Gasteiger partial charge in [-0.2, -0.15) is 0 Å². The highest BCUT2D eigenvalue weighted by Gasteiger charge is 2.25. The van der Waals surface area contributed by atoms with Gasteiger partial charge in [0.05, 0.1) is 12.2 Å². The molecule has 0 radical (unpaired) electrons. The Morgan fingerprint density at radius 1 is 1.02 bits per heavy atom. The van der Waals surface area contributed by atoms with Gasteiger partial charge in [0.2, 0.25) is 0 Å². The largest absolute Gasteiger partial charge is 0.490 e. The molecule has 0 saturated carbocycles. The molecule has 0 fully saturated rings. The molecule has 0 unspecified atom stereocenters. The monoisotopic (exact) mass is 640 g/mol. The molecule has 1 N–H and O–H groups in total. The van der Waals surface area contributed by atoms with Crippen molar-refractivity contribution < 1.29 is 14.3 Å². The van der Waals surface area contributed by atoms with E-state index in [0.717, 1.165) is 69.8 Å². The maximum atomic E-state index is 13.9. The highest BCUT2D eigenvalue weighted by Crippen LogP contribution is 2.40. The van der Waals surface area contributed by atoms with Gasteiger partial charge in [0, 0.05) is 32.9 Å². The average molecular weight is 641 g/mol. The third-order valence-corrected chi connectivity index (χ3v) is 9.57. The van der Waals surface area contributed by atoms with Crippen molar-refractivity contribution >= 4 is 45.7 Å². The zero-order valence-corrected chi connectivity index (χ0v) is 28.0. The smallest absolute Gasteiger partial charge is 0.259 e. The average Bonchev–Trinajstić information content (AvgIpc) is 3.34. The first-order valence-electron chi connectivity index (χ1n) is 15.7. The molecule has 1 amide bonds. The van der Waals surface area contributed by atoms with E-state index in [9.17, 15) is 4.79 Å². The number of halogens is 1. The molecule has 0 aliphatic heterocycles. The molecule has 5 rings (SSSR count). The molecule has 1 aliphatic carbocycles. The topological polar surface area (TPSA) is 59.9 Å². The third kappa shape index (κ3) is 8.05. The second-order valence-corrected chi connectivity index (χ2v) is 12.9. The number of rotatable bonds is 11. The van der Waals surface area contributed by atoms with Crippen LogP contribution >= 0.6 is 22.9 Å². The molecule has 7 heteroatoms. The zero-order valence-electron chi connectivity index (χ0n) is 26.4. The van der Waals surface area contributed by atoms with Crippen molar-refractivity contribution in [1.82, 2.24) is 0 Å². The van der Waals surface area contributed by atoms with Crippen LogP contribution in [0.1, 0.15) is 81.2 Å². The lowest BCUT2D eigenvalue weighted by atomic mass is 9.96. The molecule has 234 valence electrons. The van der Waals surface area contributed by atoms with Crippen LogP contribution in [0.25, 0.3) is 0 Å². The summed E-state index contributed by atoms with van der Waals surface area (Å²) in [7, 11) is 0. The van der Waals surface area contributed by atoms with E-state index in [0.29, 0.717) is 41.7 Å². The Morgan fingerprint density at radius 3 is 2.60 bits per heavy atom. The second-order valence-electron chi connectivity index (χ2n) is 11.4. The van der Waals surface area contributed by atoms with Gasteiger partial charge >= 0.3 is 0 Å². The van der Waals surface area contributed by atoms with Crippen LogP contribution in [-0.2, 0) is 25.9 Å². The maximum absolute atomic E-state index is 13.9. The van der Waals surface area contributed by atoms with E-state index in [2.05, 4.69) is 24.0 Å². The van der Waals surface area contributed by atoms with Crippen molar-refractivity contribution in [3.63, 3.8) is 0 Å². The summed E-state index contributed by atoms with van der Waals surface area (Å²) in [5.74, 6) is 1.21. The van der Waals surface area contributed by atoms with E-state index < -0.39 is 0 Å². The predicted molar refractivity (Wildman–Crippen MR) is 189 cm³/mol. The first kappa shape index (κ1) is 32.5. The van der Waals surface area contributed by atoms with Crippen molar-refractivity contribution in [2.45, 2.75) is 72.3 Å². The van der Waals surface area contributed by atoms with Gasteiger partial charge in [0.15, 0.2) is 11.5 Å². The summed E-state index contributed by atoms with van der Waals surface area (Å²) < 4.78 is 12.4. The minimum Gasteiger partial charge on any atom is -0.490 e. The summed E-state index contributed by atoms with van der Waals surface area (Å²) in [6.45, 7) is 10.8. The molecule has 45 heavy (non-hydrogen) atoms. The molecule has 0 bridgehead atoms. The summed E-state index contributed by atoms with van der Waals surface area (Å²) in [6.07, 6.45) is 10.8. The number of amides is 1. The Hall–Kier alpha value is -3.87. The summed E-state index contributed by atoms with van der Waals surface area (Å²) in [5, 5.41) is 4.61. The van der Waals surface area contributed by atoms with Crippen molar-refractivity contribution in [3.05, 3.63) is 116 Å². The third-order valence-electron chi connectivity index (χ3n) is 8.00. The summed E-state index contributed by atoms with van der Waals surface area (Å²) in [5.41, 5.74) is 7.53. The Morgan fingerprint density at radius 2 is 1.82 bits per heavy atom.